The average molecular weight is 1600 g/mol. The van der Waals surface area contributed by atoms with Gasteiger partial charge in [0.1, 0.15) is 73.2 Å². The molecule has 1 amide bonds. The molecule has 0 radical (unpaired) electrons. The van der Waals surface area contributed by atoms with Crippen LogP contribution in [0.5, 0.6) is 0 Å². The molecule has 112 heavy (non-hydrogen) atoms. The van der Waals surface area contributed by atoms with Gasteiger partial charge in [-0.25, -0.2) is 0 Å². The summed E-state index contributed by atoms with van der Waals surface area (Å²) >= 11 is 0. The second-order valence-electron chi connectivity index (χ2n) is 34.2. The second kappa shape index (κ2) is 73.2. The van der Waals surface area contributed by atoms with E-state index in [1.54, 1.807) is 6.08 Å². The summed E-state index contributed by atoms with van der Waals surface area (Å²) in [6.07, 6.45) is 66.5. The molecule has 0 spiro atoms. The molecule has 3 fully saturated rings. The molecule has 17 atom stereocenters. The zero-order chi connectivity index (χ0) is 81.0. The van der Waals surface area contributed by atoms with Crippen molar-refractivity contribution in [1.29, 1.82) is 0 Å². The molecule has 17 unspecified atom stereocenters. The number of nitrogens with one attached hydrogen (secondary N) is 1. The Hall–Kier alpha value is -1.73. The van der Waals surface area contributed by atoms with Gasteiger partial charge in [0.2, 0.25) is 5.91 Å². The highest BCUT2D eigenvalue weighted by atomic mass is 16.8. The second-order valence-corrected chi connectivity index (χ2v) is 34.2. The van der Waals surface area contributed by atoms with Crippen LogP contribution in [0.1, 0.15) is 431 Å². The number of hydrogen-bond acceptors (Lipinski definition) is 18. The monoisotopic (exact) mass is 1600 g/mol. The number of aliphatic hydroxyl groups is 11. The average Bonchev–Trinajstić information content (AvgIpc) is 0.781. The van der Waals surface area contributed by atoms with Gasteiger partial charge in [-0.15, -0.1) is 0 Å². The molecular formula is C93H177NO18. The number of unbranched alkanes of at least 4 members (excludes halogenated alkanes) is 61. The lowest BCUT2D eigenvalue weighted by atomic mass is 9.96. The molecule has 662 valence electrons. The first-order valence-corrected chi connectivity index (χ1v) is 47.6. The maximum atomic E-state index is 13.5. The van der Waals surface area contributed by atoms with Gasteiger partial charge in [0, 0.05) is 6.42 Å². The van der Waals surface area contributed by atoms with Gasteiger partial charge >= 0.3 is 0 Å². The Balaban J connectivity index is 1.31. The lowest BCUT2D eigenvalue weighted by Crippen LogP contribution is -2.66. The molecule has 0 aliphatic carbocycles. The fraction of sp³-hybridized carbons (Fsp3) is 0.946. The zero-order valence-electron chi connectivity index (χ0n) is 71.7. The van der Waals surface area contributed by atoms with Crippen molar-refractivity contribution in [2.24, 2.45) is 0 Å². The number of aliphatic hydroxyl groups excluding tert-OH is 11. The summed E-state index contributed by atoms with van der Waals surface area (Å²) < 4.78 is 34.5. The Bertz CT molecular complexity index is 2110. The van der Waals surface area contributed by atoms with E-state index in [2.05, 4.69) is 31.3 Å². The number of hydrogen-bond donors (Lipinski definition) is 12. The van der Waals surface area contributed by atoms with Crippen LogP contribution in [0, 0.1) is 0 Å². The summed E-state index contributed by atoms with van der Waals surface area (Å²) in [4.78, 5) is 13.5. The molecule has 3 rings (SSSR count). The van der Waals surface area contributed by atoms with Gasteiger partial charge in [0.05, 0.1) is 38.6 Å². The summed E-state index contributed by atoms with van der Waals surface area (Å²) in [5.41, 5.74) is 0. The third-order valence-corrected chi connectivity index (χ3v) is 24.0. The minimum atomic E-state index is -1.98. The molecule has 0 aromatic carbocycles. The molecule has 3 aliphatic heterocycles. The predicted molar refractivity (Wildman–Crippen MR) is 453 cm³/mol. The Labute approximate surface area is 683 Å². The van der Waals surface area contributed by atoms with Crippen LogP contribution in [0.2, 0.25) is 0 Å². The van der Waals surface area contributed by atoms with Crippen molar-refractivity contribution < 1.29 is 89.4 Å². The van der Waals surface area contributed by atoms with Gasteiger partial charge in [-0.3, -0.25) is 4.79 Å². The first-order valence-electron chi connectivity index (χ1n) is 47.6. The Morgan fingerprint density at radius 3 is 0.893 bits per heavy atom. The van der Waals surface area contributed by atoms with E-state index in [0.717, 1.165) is 38.5 Å². The maximum Gasteiger partial charge on any atom is 0.220 e. The summed E-state index contributed by atoms with van der Waals surface area (Å²) in [5.74, 6) is -0.275. The first kappa shape index (κ1) is 104. The third-order valence-electron chi connectivity index (χ3n) is 24.0. The van der Waals surface area contributed by atoms with E-state index in [1.165, 1.54) is 360 Å². The van der Waals surface area contributed by atoms with E-state index in [0.29, 0.717) is 12.8 Å². The van der Waals surface area contributed by atoms with Crippen molar-refractivity contribution in [3.63, 3.8) is 0 Å². The number of amides is 1. The van der Waals surface area contributed by atoms with Gasteiger partial charge in [0.25, 0.3) is 0 Å². The first-order chi connectivity index (χ1) is 54.8. The molecule has 3 heterocycles. The molecule has 0 saturated carbocycles. The summed E-state index contributed by atoms with van der Waals surface area (Å²) in [7, 11) is 0. The highest BCUT2D eigenvalue weighted by Crippen LogP contribution is 2.34. The van der Waals surface area contributed by atoms with E-state index in [4.69, 9.17) is 28.4 Å². The van der Waals surface area contributed by atoms with Crippen LogP contribution in [-0.2, 0) is 33.2 Å². The number of rotatable bonds is 79. The van der Waals surface area contributed by atoms with Crippen LogP contribution in [0.25, 0.3) is 0 Å². The minimum absolute atomic E-state index is 0.242. The van der Waals surface area contributed by atoms with Crippen LogP contribution in [0.3, 0.4) is 0 Å². The summed E-state index contributed by atoms with van der Waals surface area (Å²) in [6.45, 7) is 1.80. The summed E-state index contributed by atoms with van der Waals surface area (Å²) in [5, 5.41) is 121. The molecular weight excluding hydrogens is 1420 g/mol. The molecule has 3 aliphatic rings. The van der Waals surface area contributed by atoms with Crippen molar-refractivity contribution in [3.8, 4) is 0 Å². The van der Waals surface area contributed by atoms with E-state index >= 15 is 0 Å². The Morgan fingerprint density at radius 2 is 0.571 bits per heavy atom. The fourth-order valence-electron chi connectivity index (χ4n) is 16.5. The molecule has 19 heteroatoms. The van der Waals surface area contributed by atoms with E-state index in [-0.39, 0.29) is 18.9 Å². The number of carbonyl (C=O) groups is 1. The smallest absolute Gasteiger partial charge is 0.220 e. The maximum absolute atomic E-state index is 13.5. The standard InChI is InChI=1S/C93H177NO18/c1-3-5-7-9-11-13-15-17-19-21-23-25-27-29-31-33-35-37-39-41-43-45-47-49-51-53-55-57-59-61-63-65-67-69-71-81(99)94-76(77(98)70-68-66-64-62-60-58-56-54-52-50-48-46-44-42-40-38-36-34-32-30-28-26-24-22-20-18-16-14-12-10-8-6-4-2)75-107-91-87(105)84(102)89(79(73-96)109-91)112-93-88(106)85(103)90(80(74-97)110-93)111-92-86(104)83(101)82(100)78(72-95)108-92/h60,62,68,70,76-80,82-93,95-98,100-106H,3-59,61,63-67,69,71-75H2,1-2H3,(H,94,99)/b62-60+,70-68+. The Morgan fingerprint density at radius 1 is 0.312 bits per heavy atom. The van der Waals surface area contributed by atoms with E-state index in [1.807, 2.05) is 6.08 Å². The lowest BCUT2D eigenvalue weighted by Gasteiger charge is -2.48. The topological polar surface area (TPSA) is 307 Å². The van der Waals surface area contributed by atoms with Crippen molar-refractivity contribution in [2.75, 3.05) is 26.4 Å². The third kappa shape index (κ3) is 51.0. The van der Waals surface area contributed by atoms with Crippen LogP contribution in [0.15, 0.2) is 24.3 Å². The van der Waals surface area contributed by atoms with Crippen molar-refractivity contribution >= 4 is 5.91 Å². The molecule has 0 aromatic heterocycles. The predicted octanol–water partition coefficient (Wildman–Crippen LogP) is 18.8. The highest BCUT2D eigenvalue weighted by Gasteiger charge is 2.54. The quantitative estimate of drug-likeness (QED) is 0.0199. The number of ether oxygens (including phenoxy) is 6. The van der Waals surface area contributed by atoms with Crippen LogP contribution in [0.4, 0.5) is 0 Å². The molecule has 19 nitrogen and oxygen atoms in total. The van der Waals surface area contributed by atoms with Crippen molar-refractivity contribution in [1.82, 2.24) is 5.32 Å². The molecule has 12 N–H and O–H groups in total. The largest absolute Gasteiger partial charge is 0.394 e. The van der Waals surface area contributed by atoms with E-state index < -0.39 is 124 Å². The highest BCUT2D eigenvalue weighted by molar-refractivity contribution is 5.76. The minimum Gasteiger partial charge on any atom is -0.394 e. The van der Waals surface area contributed by atoms with Gasteiger partial charge in [0.15, 0.2) is 18.9 Å². The SMILES string of the molecule is CCCCCCCCCCCCCCCCCCCCCCCCCCCCC/C=C/CC/C=C/C(O)C(COC1OC(CO)C(OC2OC(CO)C(OC3OC(CO)C(O)C(O)C3O)C(O)C2O)C(O)C1O)NC(=O)CCCCCCCCCCCCCCCCCCCCCCCCCCCCCCCCCCCC. The van der Waals surface area contributed by atoms with Gasteiger partial charge in [-0.05, 0) is 32.1 Å². The van der Waals surface area contributed by atoms with E-state index in [9.17, 15) is 61.0 Å². The van der Waals surface area contributed by atoms with Crippen LogP contribution in [-0.4, -0.2) is 193 Å². The zero-order valence-corrected chi connectivity index (χ0v) is 71.7. The lowest BCUT2D eigenvalue weighted by molar-refractivity contribution is -0.379. The molecule has 3 saturated heterocycles. The molecule has 0 aromatic rings. The van der Waals surface area contributed by atoms with Crippen molar-refractivity contribution in [3.05, 3.63) is 24.3 Å². The van der Waals surface area contributed by atoms with Crippen LogP contribution >= 0.6 is 0 Å². The molecule has 0 bridgehead atoms. The summed E-state index contributed by atoms with van der Waals surface area (Å²) in [6, 6.07) is -0.990. The van der Waals surface area contributed by atoms with Gasteiger partial charge in [-0.1, -0.05) is 417 Å². The van der Waals surface area contributed by atoms with Crippen LogP contribution < -0.4 is 5.32 Å². The number of carbonyl (C=O) groups excluding carboxylic acids is 1. The fourth-order valence-corrected chi connectivity index (χ4v) is 16.5. The normalized spacial score (nSPS) is 25.0. The number of allylic oxidation sites excluding steroid dienone is 3. The van der Waals surface area contributed by atoms with Crippen molar-refractivity contribution in [2.45, 2.75) is 535 Å². The van der Waals surface area contributed by atoms with Gasteiger partial charge < -0.3 is 89.9 Å². The Kier molecular flexibility index (Phi) is 68.3. The van der Waals surface area contributed by atoms with Gasteiger partial charge in [-0.2, -0.15) is 0 Å².